The second-order valence-electron chi connectivity index (χ2n) is 6.60. The van der Waals surface area contributed by atoms with Gasteiger partial charge in [0, 0.05) is 31.7 Å². The average molecular weight is 294 g/mol. The van der Waals surface area contributed by atoms with Crippen molar-refractivity contribution >= 4 is 11.8 Å². The minimum absolute atomic E-state index is 0.0413. The van der Waals surface area contributed by atoms with Crippen LogP contribution in [0.2, 0.25) is 0 Å². The number of carbonyl (C=O) groups is 2. The van der Waals surface area contributed by atoms with Crippen molar-refractivity contribution in [2.45, 2.75) is 56.7 Å². The smallest absolute Gasteiger partial charge is 0.242 e. The van der Waals surface area contributed by atoms with Crippen LogP contribution in [0.3, 0.4) is 0 Å². The molecule has 2 saturated heterocycles. The van der Waals surface area contributed by atoms with Crippen molar-refractivity contribution in [1.82, 2.24) is 15.1 Å². The molecule has 1 aliphatic carbocycles. The summed E-state index contributed by atoms with van der Waals surface area (Å²) in [6.07, 6.45) is 6.66. The van der Waals surface area contributed by atoms with Gasteiger partial charge in [-0.25, -0.2) is 0 Å². The standard InChI is InChI=1S/C15H26N4O2/c16-11-8-13(17-9-11)15(21)18-6-7-19(14(20)10-18)12-4-2-1-3-5-12/h11-13,17H,1-10,16H2/t11-,13+/m1/s1. The summed E-state index contributed by atoms with van der Waals surface area (Å²) in [5, 5.41) is 3.15. The van der Waals surface area contributed by atoms with Crippen molar-refractivity contribution < 1.29 is 9.59 Å². The molecule has 2 aliphatic heterocycles. The molecule has 0 aromatic heterocycles. The first-order chi connectivity index (χ1) is 10.1. The molecule has 0 aromatic rings. The van der Waals surface area contributed by atoms with Crippen LogP contribution >= 0.6 is 0 Å². The maximum atomic E-state index is 12.4. The summed E-state index contributed by atoms with van der Waals surface area (Å²) in [5.74, 6) is 0.156. The summed E-state index contributed by atoms with van der Waals surface area (Å²) < 4.78 is 0. The lowest BCUT2D eigenvalue weighted by molar-refractivity contribution is -0.148. The van der Waals surface area contributed by atoms with Gasteiger partial charge in [0.1, 0.15) is 0 Å². The molecule has 0 spiro atoms. The van der Waals surface area contributed by atoms with E-state index in [1.165, 1.54) is 19.3 Å². The van der Waals surface area contributed by atoms with Gasteiger partial charge < -0.3 is 20.9 Å². The minimum atomic E-state index is -0.200. The molecular weight excluding hydrogens is 268 g/mol. The third-order valence-corrected chi connectivity index (χ3v) is 5.05. The number of rotatable bonds is 2. The van der Waals surface area contributed by atoms with E-state index in [4.69, 9.17) is 5.73 Å². The molecule has 6 heteroatoms. The van der Waals surface area contributed by atoms with E-state index in [0.29, 0.717) is 32.1 Å². The van der Waals surface area contributed by atoms with Crippen LogP contribution in [0.15, 0.2) is 0 Å². The van der Waals surface area contributed by atoms with Gasteiger partial charge in [0.15, 0.2) is 0 Å². The van der Waals surface area contributed by atoms with Crippen molar-refractivity contribution in [3.05, 3.63) is 0 Å². The molecule has 118 valence electrons. The predicted octanol–water partition coefficient (Wildman–Crippen LogP) is -0.321. The van der Waals surface area contributed by atoms with E-state index in [0.717, 1.165) is 12.8 Å². The van der Waals surface area contributed by atoms with Crippen LogP contribution in [0.4, 0.5) is 0 Å². The highest BCUT2D eigenvalue weighted by atomic mass is 16.2. The molecular formula is C15H26N4O2. The van der Waals surface area contributed by atoms with Crippen LogP contribution in [-0.2, 0) is 9.59 Å². The average Bonchev–Trinajstić information content (AvgIpc) is 2.94. The number of hydrogen-bond donors (Lipinski definition) is 2. The zero-order chi connectivity index (χ0) is 14.8. The third-order valence-electron chi connectivity index (χ3n) is 5.05. The van der Waals surface area contributed by atoms with Crippen LogP contribution in [0.1, 0.15) is 38.5 Å². The Morgan fingerprint density at radius 1 is 1.19 bits per heavy atom. The van der Waals surface area contributed by atoms with Crippen LogP contribution < -0.4 is 11.1 Å². The monoisotopic (exact) mass is 294 g/mol. The Kier molecular flexibility index (Phi) is 4.45. The highest BCUT2D eigenvalue weighted by Crippen LogP contribution is 2.24. The molecule has 0 radical (unpaired) electrons. The second-order valence-corrected chi connectivity index (χ2v) is 6.60. The Labute approximate surface area is 126 Å². The fourth-order valence-corrected chi connectivity index (χ4v) is 3.82. The first-order valence-electron chi connectivity index (χ1n) is 8.22. The molecule has 0 aromatic carbocycles. The Hall–Kier alpha value is -1.14. The number of nitrogens with zero attached hydrogens (tertiary/aromatic N) is 2. The fourth-order valence-electron chi connectivity index (χ4n) is 3.82. The minimum Gasteiger partial charge on any atom is -0.336 e. The normalized spacial score (nSPS) is 31.8. The third kappa shape index (κ3) is 3.21. The molecule has 2 heterocycles. The van der Waals surface area contributed by atoms with Crippen molar-refractivity contribution in [3.8, 4) is 0 Å². The first-order valence-corrected chi connectivity index (χ1v) is 8.22. The fraction of sp³-hybridized carbons (Fsp3) is 0.867. The maximum Gasteiger partial charge on any atom is 0.242 e. The van der Waals surface area contributed by atoms with Crippen LogP contribution in [0.5, 0.6) is 0 Å². The van der Waals surface area contributed by atoms with E-state index in [1.807, 2.05) is 4.90 Å². The van der Waals surface area contributed by atoms with Gasteiger partial charge in [-0.15, -0.1) is 0 Å². The molecule has 0 unspecified atom stereocenters. The Morgan fingerprint density at radius 3 is 2.57 bits per heavy atom. The van der Waals surface area contributed by atoms with Gasteiger partial charge >= 0.3 is 0 Å². The zero-order valence-electron chi connectivity index (χ0n) is 12.6. The highest BCUT2D eigenvalue weighted by molar-refractivity contribution is 5.89. The molecule has 1 saturated carbocycles. The van der Waals surface area contributed by atoms with Gasteiger partial charge in [0.05, 0.1) is 12.6 Å². The molecule has 3 N–H and O–H groups in total. The number of amides is 2. The zero-order valence-corrected chi connectivity index (χ0v) is 12.6. The van der Waals surface area contributed by atoms with E-state index in [-0.39, 0.29) is 30.4 Å². The lowest BCUT2D eigenvalue weighted by Gasteiger charge is -2.41. The lowest BCUT2D eigenvalue weighted by atomic mass is 9.93. The number of carbonyl (C=O) groups excluding carboxylic acids is 2. The van der Waals surface area contributed by atoms with Gasteiger partial charge in [-0.1, -0.05) is 19.3 Å². The van der Waals surface area contributed by atoms with Crippen molar-refractivity contribution in [3.63, 3.8) is 0 Å². The quantitative estimate of drug-likeness (QED) is 0.731. The van der Waals surface area contributed by atoms with E-state index < -0.39 is 0 Å². The summed E-state index contributed by atoms with van der Waals surface area (Å²) in [7, 11) is 0. The van der Waals surface area contributed by atoms with Crippen molar-refractivity contribution in [1.29, 1.82) is 0 Å². The van der Waals surface area contributed by atoms with E-state index >= 15 is 0 Å². The molecule has 0 bridgehead atoms. The number of hydrogen-bond acceptors (Lipinski definition) is 4. The second kappa shape index (κ2) is 6.32. The van der Waals surface area contributed by atoms with E-state index in [2.05, 4.69) is 5.32 Å². The first kappa shape index (κ1) is 14.8. The topological polar surface area (TPSA) is 78.7 Å². The summed E-state index contributed by atoms with van der Waals surface area (Å²) in [6.45, 7) is 2.28. The number of piperazine rings is 1. The molecule has 3 aliphatic rings. The Balaban J connectivity index is 1.55. The molecule has 6 nitrogen and oxygen atoms in total. The summed E-state index contributed by atoms with van der Waals surface area (Å²) >= 11 is 0. The summed E-state index contributed by atoms with van der Waals surface area (Å²) in [6, 6.07) is 0.258. The molecule has 3 fully saturated rings. The molecule has 2 atom stereocenters. The lowest BCUT2D eigenvalue weighted by Crippen LogP contribution is -2.58. The summed E-state index contributed by atoms with van der Waals surface area (Å²) in [5.41, 5.74) is 5.83. The summed E-state index contributed by atoms with van der Waals surface area (Å²) in [4.78, 5) is 28.5. The van der Waals surface area contributed by atoms with Crippen molar-refractivity contribution in [2.24, 2.45) is 5.73 Å². The van der Waals surface area contributed by atoms with Crippen molar-refractivity contribution in [2.75, 3.05) is 26.2 Å². The van der Waals surface area contributed by atoms with Crippen LogP contribution in [0, 0.1) is 0 Å². The predicted molar refractivity (Wildman–Crippen MR) is 79.5 cm³/mol. The molecule has 3 rings (SSSR count). The van der Waals surface area contributed by atoms with Crippen LogP contribution in [0.25, 0.3) is 0 Å². The van der Waals surface area contributed by atoms with Gasteiger partial charge in [-0.05, 0) is 19.3 Å². The SMILES string of the molecule is N[C@H]1CN[C@H](C(=O)N2CCN(C3CCCCC3)C(=O)C2)C1. The molecule has 21 heavy (non-hydrogen) atoms. The van der Waals surface area contributed by atoms with Crippen LogP contribution in [-0.4, -0.2) is 65.9 Å². The Morgan fingerprint density at radius 2 is 1.95 bits per heavy atom. The maximum absolute atomic E-state index is 12.4. The highest BCUT2D eigenvalue weighted by Gasteiger charge is 2.36. The van der Waals surface area contributed by atoms with Gasteiger partial charge in [-0.3, -0.25) is 9.59 Å². The largest absolute Gasteiger partial charge is 0.336 e. The van der Waals surface area contributed by atoms with E-state index in [9.17, 15) is 9.59 Å². The Bertz CT molecular complexity index is 408. The van der Waals surface area contributed by atoms with Gasteiger partial charge in [-0.2, -0.15) is 0 Å². The molecule has 2 amide bonds. The van der Waals surface area contributed by atoms with Gasteiger partial charge in [0.2, 0.25) is 11.8 Å². The number of nitrogens with one attached hydrogen (secondary N) is 1. The van der Waals surface area contributed by atoms with Gasteiger partial charge in [0.25, 0.3) is 0 Å². The van der Waals surface area contributed by atoms with E-state index in [1.54, 1.807) is 4.90 Å². The number of nitrogens with two attached hydrogens (primary N) is 1.